The summed E-state index contributed by atoms with van der Waals surface area (Å²) in [6, 6.07) is 18.0. The Balaban J connectivity index is 0.00000364. The number of rotatable bonds is 7. The van der Waals surface area contributed by atoms with Crippen molar-refractivity contribution in [2.45, 2.75) is 6.42 Å². The Hall–Kier alpha value is -1.73. The molecule has 4 nitrogen and oxygen atoms in total. The van der Waals surface area contributed by atoms with Crippen molar-refractivity contribution in [3.05, 3.63) is 70.7 Å². The SMILES string of the molecule is CN(C)CCC(/C=C/c1ccccc1)=N\NC(=S)Nc1ccc(Br)cc1.Cl. The molecule has 0 aliphatic carbocycles. The summed E-state index contributed by atoms with van der Waals surface area (Å²) in [5, 5.41) is 8.05. The molecule has 0 saturated heterocycles. The first-order valence-electron chi connectivity index (χ1n) is 8.30. The average Bonchev–Trinajstić information content (AvgIpc) is 2.63. The van der Waals surface area contributed by atoms with E-state index in [-0.39, 0.29) is 12.4 Å². The zero-order chi connectivity index (χ0) is 18.8. The van der Waals surface area contributed by atoms with Crippen LogP contribution in [0.4, 0.5) is 5.69 Å². The van der Waals surface area contributed by atoms with Crippen molar-refractivity contribution in [1.82, 2.24) is 10.3 Å². The lowest BCUT2D eigenvalue weighted by Crippen LogP contribution is -2.25. The van der Waals surface area contributed by atoms with Gasteiger partial charge in [-0.05, 0) is 62.2 Å². The van der Waals surface area contributed by atoms with Gasteiger partial charge < -0.3 is 10.2 Å². The van der Waals surface area contributed by atoms with Gasteiger partial charge in [0.2, 0.25) is 0 Å². The van der Waals surface area contributed by atoms with E-state index in [4.69, 9.17) is 12.2 Å². The maximum Gasteiger partial charge on any atom is 0.191 e. The van der Waals surface area contributed by atoms with Crippen molar-refractivity contribution in [3.8, 4) is 0 Å². The summed E-state index contributed by atoms with van der Waals surface area (Å²) in [4.78, 5) is 2.13. The third-order valence-electron chi connectivity index (χ3n) is 3.49. The molecule has 144 valence electrons. The van der Waals surface area contributed by atoms with Crippen molar-refractivity contribution >= 4 is 63.1 Å². The van der Waals surface area contributed by atoms with E-state index in [1.54, 1.807) is 0 Å². The lowest BCUT2D eigenvalue weighted by Gasteiger charge is -2.11. The number of hydrazone groups is 1. The Labute approximate surface area is 181 Å². The number of hydrogen-bond donors (Lipinski definition) is 2. The molecule has 0 aromatic heterocycles. The number of thiocarbonyl (C=S) groups is 1. The third kappa shape index (κ3) is 9.68. The first-order valence-corrected chi connectivity index (χ1v) is 9.50. The van der Waals surface area contributed by atoms with E-state index in [9.17, 15) is 0 Å². The number of benzene rings is 2. The molecule has 0 bridgehead atoms. The molecule has 0 aliphatic heterocycles. The largest absolute Gasteiger partial charge is 0.331 e. The summed E-state index contributed by atoms with van der Waals surface area (Å²) in [5.74, 6) is 0. The summed E-state index contributed by atoms with van der Waals surface area (Å²) >= 11 is 8.74. The molecule has 0 fully saturated rings. The van der Waals surface area contributed by atoms with Crippen molar-refractivity contribution in [1.29, 1.82) is 0 Å². The fraction of sp³-hybridized carbons (Fsp3) is 0.200. The quantitative estimate of drug-likeness (QED) is 0.334. The van der Waals surface area contributed by atoms with Crippen LogP contribution in [0.1, 0.15) is 12.0 Å². The second-order valence-electron chi connectivity index (χ2n) is 5.97. The van der Waals surface area contributed by atoms with Crippen LogP contribution < -0.4 is 10.7 Å². The highest BCUT2D eigenvalue weighted by Gasteiger charge is 2.00. The fourth-order valence-electron chi connectivity index (χ4n) is 2.09. The van der Waals surface area contributed by atoms with Crippen LogP contribution in [0.3, 0.4) is 0 Å². The van der Waals surface area contributed by atoms with Crippen LogP contribution in [0, 0.1) is 0 Å². The van der Waals surface area contributed by atoms with Gasteiger partial charge in [-0.25, -0.2) is 0 Å². The van der Waals surface area contributed by atoms with Gasteiger partial charge in [-0.15, -0.1) is 12.4 Å². The average molecular weight is 468 g/mol. The molecular formula is C20H24BrClN4S. The number of hydrogen-bond acceptors (Lipinski definition) is 3. The van der Waals surface area contributed by atoms with Gasteiger partial charge in [-0.3, -0.25) is 5.43 Å². The zero-order valence-corrected chi connectivity index (χ0v) is 18.6. The van der Waals surface area contributed by atoms with Crippen molar-refractivity contribution in [3.63, 3.8) is 0 Å². The van der Waals surface area contributed by atoms with Crippen LogP contribution in [0.5, 0.6) is 0 Å². The molecular weight excluding hydrogens is 444 g/mol. The zero-order valence-electron chi connectivity index (χ0n) is 15.4. The lowest BCUT2D eigenvalue weighted by atomic mass is 10.1. The Morgan fingerprint density at radius 1 is 1.11 bits per heavy atom. The monoisotopic (exact) mass is 466 g/mol. The van der Waals surface area contributed by atoms with Gasteiger partial charge in [0.25, 0.3) is 0 Å². The molecule has 0 heterocycles. The first-order chi connectivity index (χ1) is 12.5. The van der Waals surface area contributed by atoms with Gasteiger partial charge in [-0.1, -0.05) is 52.3 Å². The van der Waals surface area contributed by atoms with E-state index in [1.165, 1.54) is 0 Å². The summed E-state index contributed by atoms with van der Waals surface area (Å²) in [6.07, 6.45) is 4.90. The number of halogens is 2. The van der Waals surface area contributed by atoms with Gasteiger partial charge in [0.15, 0.2) is 5.11 Å². The molecule has 0 unspecified atom stereocenters. The predicted octanol–water partition coefficient (Wildman–Crippen LogP) is 5.18. The molecule has 0 spiro atoms. The van der Waals surface area contributed by atoms with Gasteiger partial charge in [0, 0.05) is 23.1 Å². The maximum absolute atomic E-state index is 5.33. The number of anilines is 1. The topological polar surface area (TPSA) is 39.7 Å². The van der Waals surface area contributed by atoms with Gasteiger partial charge in [0.05, 0.1) is 5.71 Å². The second kappa shape index (κ2) is 12.6. The van der Waals surface area contributed by atoms with E-state index >= 15 is 0 Å². The predicted molar refractivity (Wildman–Crippen MR) is 127 cm³/mol. The second-order valence-corrected chi connectivity index (χ2v) is 7.30. The molecule has 2 aromatic carbocycles. The molecule has 0 amide bonds. The molecule has 0 aliphatic rings. The highest BCUT2D eigenvalue weighted by molar-refractivity contribution is 9.10. The highest BCUT2D eigenvalue weighted by atomic mass is 79.9. The van der Waals surface area contributed by atoms with Gasteiger partial charge in [0.1, 0.15) is 0 Å². The molecule has 27 heavy (non-hydrogen) atoms. The summed E-state index contributed by atoms with van der Waals surface area (Å²) < 4.78 is 1.02. The Morgan fingerprint density at radius 2 is 1.78 bits per heavy atom. The van der Waals surface area contributed by atoms with Gasteiger partial charge in [-0.2, -0.15) is 5.10 Å². The van der Waals surface area contributed by atoms with Crippen molar-refractivity contribution in [2.24, 2.45) is 5.10 Å². The van der Waals surface area contributed by atoms with Gasteiger partial charge >= 0.3 is 0 Å². The minimum atomic E-state index is 0. The van der Waals surface area contributed by atoms with Crippen LogP contribution in [0.25, 0.3) is 6.08 Å². The summed E-state index contributed by atoms with van der Waals surface area (Å²) in [6.45, 7) is 0.909. The smallest absolute Gasteiger partial charge is 0.191 e. The highest BCUT2D eigenvalue weighted by Crippen LogP contribution is 2.13. The molecule has 2 rings (SSSR count). The molecule has 2 N–H and O–H groups in total. The molecule has 7 heteroatoms. The molecule has 0 saturated carbocycles. The Morgan fingerprint density at radius 3 is 2.41 bits per heavy atom. The Bertz CT molecular complexity index is 761. The molecule has 0 radical (unpaired) electrons. The third-order valence-corrected chi connectivity index (χ3v) is 4.21. The number of nitrogens with zero attached hydrogens (tertiary/aromatic N) is 2. The van der Waals surface area contributed by atoms with Crippen molar-refractivity contribution in [2.75, 3.05) is 26.0 Å². The maximum atomic E-state index is 5.33. The molecule has 2 aromatic rings. The van der Waals surface area contributed by atoms with E-state index in [1.807, 2.05) is 62.6 Å². The van der Waals surface area contributed by atoms with Crippen LogP contribution >= 0.6 is 40.6 Å². The van der Waals surface area contributed by atoms with Crippen molar-refractivity contribution < 1.29 is 0 Å². The van der Waals surface area contributed by atoms with E-state index in [2.05, 4.69) is 54.9 Å². The van der Waals surface area contributed by atoms with E-state index in [0.717, 1.165) is 34.4 Å². The lowest BCUT2D eigenvalue weighted by molar-refractivity contribution is 0.422. The molecule has 0 atom stereocenters. The number of nitrogens with one attached hydrogen (secondary N) is 2. The fourth-order valence-corrected chi connectivity index (χ4v) is 2.51. The summed E-state index contributed by atoms with van der Waals surface area (Å²) in [7, 11) is 4.09. The minimum absolute atomic E-state index is 0. The summed E-state index contributed by atoms with van der Waals surface area (Å²) in [5.41, 5.74) is 5.92. The normalized spacial score (nSPS) is 11.3. The van der Waals surface area contributed by atoms with Crippen LogP contribution in [-0.2, 0) is 0 Å². The standard InChI is InChI=1S/C20H23BrN4S.ClH/c1-25(2)15-14-19(11-8-16-6-4-3-5-7-16)23-24-20(26)22-18-12-9-17(21)10-13-18;/h3-13H,14-15H2,1-2H3,(H2,22,24,26);1H/b11-8+,23-19-;. The van der Waals surface area contributed by atoms with E-state index in [0.29, 0.717) is 5.11 Å². The minimum Gasteiger partial charge on any atom is -0.331 e. The Kier molecular flexibility index (Phi) is 10.9. The van der Waals surface area contributed by atoms with Crippen LogP contribution in [0.2, 0.25) is 0 Å². The van der Waals surface area contributed by atoms with Crippen LogP contribution in [0.15, 0.2) is 70.2 Å². The van der Waals surface area contributed by atoms with Crippen LogP contribution in [-0.4, -0.2) is 36.4 Å². The number of allylic oxidation sites excluding steroid dienone is 1. The van der Waals surface area contributed by atoms with E-state index < -0.39 is 0 Å². The first kappa shape index (κ1) is 23.3.